The predicted molar refractivity (Wildman–Crippen MR) is 53.5 cm³/mol. The Kier molecular flexibility index (Phi) is 2.13. The summed E-state index contributed by atoms with van der Waals surface area (Å²) < 4.78 is 1.91. The lowest BCUT2D eigenvalue weighted by Gasteiger charge is -1.95. The largest absolute Gasteiger partial charge is 0.396 e. The van der Waals surface area contributed by atoms with Crippen molar-refractivity contribution in [1.29, 1.82) is 0 Å². The summed E-state index contributed by atoms with van der Waals surface area (Å²) in [7, 11) is 0. The number of aryl methyl sites for hydroxylation is 1. The zero-order valence-corrected chi connectivity index (χ0v) is 7.95. The Hall–Kier alpha value is -1.55. The van der Waals surface area contributed by atoms with E-state index in [4.69, 9.17) is 5.11 Å². The number of hydrogen-bond donors (Lipinski definition) is 2. The number of imidazole rings is 1. The van der Waals surface area contributed by atoms with Gasteiger partial charge in [0.15, 0.2) is 5.43 Å². The Balaban J connectivity index is 2.67. The topological polar surface area (TPSA) is 57.5 Å². The fourth-order valence-electron chi connectivity index (χ4n) is 1.62. The third kappa shape index (κ3) is 1.33. The fourth-order valence-corrected chi connectivity index (χ4v) is 1.62. The quantitative estimate of drug-likeness (QED) is 0.726. The Morgan fingerprint density at radius 3 is 3.07 bits per heavy atom. The summed E-state index contributed by atoms with van der Waals surface area (Å²) >= 11 is 0. The summed E-state index contributed by atoms with van der Waals surface area (Å²) in [6.07, 6.45) is 2.33. The molecule has 0 bridgehead atoms. The van der Waals surface area contributed by atoms with E-state index < -0.39 is 0 Å². The van der Waals surface area contributed by atoms with Gasteiger partial charge in [-0.2, -0.15) is 0 Å². The minimum absolute atomic E-state index is 0.0122. The van der Waals surface area contributed by atoms with Crippen molar-refractivity contribution in [2.24, 2.45) is 0 Å². The van der Waals surface area contributed by atoms with Crippen LogP contribution in [0.1, 0.15) is 11.4 Å². The van der Waals surface area contributed by atoms with E-state index in [1.54, 1.807) is 12.3 Å². The van der Waals surface area contributed by atoms with Gasteiger partial charge in [-0.1, -0.05) is 0 Å². The van der Waals surface area contributed by atoms with E-state index in [0.29, 0.717) is 6.42 Å². The maximum Gasteiger partial charge on any atom is 0.183 e. The maximum atomic E-state index is 11.1. The molecule has 0 aliphatic heterocycles. The van der Waals surface area contributed by atoms with Crippen molar-refractivity contribution in [2.75, 3.05) is 6.61 Å². The Labute approximate surface area is 80.8 Å². The van der Waals surface area contributed by atoms with Gasteiger partial charge >= 0.3 is 0 Å². The molecule has 0 spiro atoms. The van der Waals surface area contributed by atoms with Crippen LogP contribution in [0.4, 0.5) is 0 Å². The molecule has 0 atom stereocenters. The number of fused-ring (bicyclic) bond motifs is 1. The van der Waals surface area contributed by atoms with E-state index in [2.05, 4.69) is 4.98 Å². The number of hydrogen-bond acceptors (Lipinski definition) is 2. The lowest BCUT2D eigenvalue weighted by molar-refractivity contribution is 0.298. The molecule has 2 rings (SSSR count). The van der Waals surface area contributed by atoms with E-state index in [-0.39, 0.29) is 12.0 Å². The van der Waals surface area contributed by atoms with Crippen molar-refractivity contribution in [1.82, 2.24) is 9.38 Å². The van der Waals surface area contributed by atoms with Crippen LogP contribution in [0.5, 0.6) is 0 Å². The number of pyridine rings is 1. The standard InChI is InChI=1S/C10H12N2O2/c1-7-9(3-5-13)11-10-6-8(14)2-4-12(7)10/h2,4,6,11,13H,3,5H2,1H3. The van der Waals surface area contributed by atoms with Crippen LogP contribution < -0.4 is 5.43 Å². The van der Waals surface area contributed by atoms with Gasteiger partial charge in [0.25, 0.3) is 0 Å². The highest BCUT2D eigenvalue weighted by Crippen LogP contribution is 2.09. The molecule has 2 N–H and O–H groups in total. The van der Waals surface area contributed by atoms with Gasteiger partial charge in [0, 0.05) is 42.7 Å². The number of aliphatic hydroxyl groups excluding tert-OH is 1. The molecule has 14 heavy (non-hydrogen) atoms. The van der Waals surface area contributed by atoms with Gasteiger partial charge in [0.1, 0.15) is 5.65 Å². The van der Waals surface area contributed by atoms with Crippen LogP contribution in [0, 0.1) is 6.92 Å². The zero-order chi connectivity index (χ0) is 10.1. The summed E-state index contributed by atoms with van der Waals surface area (Å²) in [4.78, 5) is 14.2. The van der Waals surface area contributed by atoms with Crippen LogP contribution in [0.2, 0.25) is 0 Å². The van der Waals surface area contributed by atoms with Gasteiger partial charge in [-0.3, -0.25) is 4.79 Å². The first-order chi connectivity index (χ1) is 6.72. The van der Waals surface area contributed by atoms with Crippen molar-refractivity contribution < 1.29 is 5.11 Å². The van der Waals surface area contributed by atoms with Crippen molar-refractivity contribution in [3.63, 3.8) is 0 Å². The molecular formula is C10H12N2O2. The second kappa shape index (κ2) is 3.31. The number of nitrogens with one attached hydrogen (secondary N) is 1. The van der Waals surface area contributed by atoms with Gasteiger partial charge < -0.3 is 14.5 Å². The molecule has 4 heteroatoms. The second-order valence-corrected chi connectivity index (χ2v) is 3.28. The molecule has 0 saturated heterocycles. The molecular weight excluding hydrogens is 180 g/mol. The van der Waals surface area contributed by atoms with Crippen LogP contribution in [0.3, 0.4) is 0 Å². The van der Waals surface area contributed by atoms with E-state index in [1.807, 2.05) is 11.3 Å². The summed E-state index contributed by atoms with van der Waals surface area (Å²) in [6.45, 7) is 2.07. The van der Waals surface area contributed by atoms with Crippen LogP contribution in [-0.2, 0) is 6.42 Å². The molecule has 2 heterocycles. The SMILES string of the molecule is Cc1c(CCO)[nH]c2cc(=O)ccn12. The van der Waals surface area contributed by atoms with Crippen LogP contribution in [0.15, 0.2) is 23.1 Å². The highest BCUT2D eigenvalue weighted by atomic mass is 16.3. The Bertz CT molecular complexity index is 510. The smallest absolute Gasteiger partial charge is 0.183 e. The number of H-pyrrole nitrogens is 1. The molecule has 0 fully saturated rings. The fraction of sp³-hybridized carbons (Fsp3) is 0.300. The third-order valence-electron chi connectivity index (χ3n) is 2.37. The number of rotatable bonds is 2. The average molecular weight is 192 g/mol. The van der Waals surface area contributed by atoms with E-state index >= 15 is 0 Å². The predicted octanol–water partition coefficient (Wildman–Crippen LogP) is 0.471. The summed E-state index contributed by atoms with van der Waals surface area (Å²) in [5.74, 6) is 0. The molecule has 0 aliphatic carbocycles. The molecule has 0 aliphatic rings. The number of nitrogens with zero attached hydrogens (tertiary/aromatic N) is 1. The van der Waals surface area contributed by atoms with Gasteiger partial charge in [0.2, 0.25) is 0 Å². The van der Waals surface area contributed by atoms with Gasteiger partial charge in [0.05, 0.1) is 0 Å². The monoisotopic (exact) mass is 192 g/mol. The highest BCUT2D eigenvalue weighted by molar-refractivity contribution is 5.42. The second-order valence-electron chi connectivity index (χ2n) is 3.28. The van der Waals surface area contributed by atoms with Gasteiger partial charge in [-0.15, -0.1) is 0 Å². The molecule has 2 aromatic rings. The van der Waals surface area contributed by atoms with Crippen molar-refractivity contribution in [3.8, 4) is 0 Å². The number of aromatic nitrogens is 2. The lowest BCUT2D eigenvalue weighted by atomic mass is 10.3. The van der Waals surface area contributed by atoms with Crippen molar-refractivity contribution in [2.45, 2.75) is 13.3 Å². The summed E-state index contributed by atoms with van der Waals surface area (Å²) in [6, 6.07) is 3.07. The summed E-state index contributed by atoms with van der Waals surface area (Å²) in [5, 5.41) is 8.83. The number of aliphatic hydroxyl groups is 1. The van der Waals surface area contributed by atoms with Gasteiger partial charge in [-0.25, -0.2) is 0 Å². The molecule has 2 aromatic heterocycles. The number of aromatic amines is 1. The molecule has 0 unspecified atom stereocenters. The molecule has 0 aromatic carbocycles. The van der Waals surface area contributed by atoms with Gasteiger partial charge in [-0.05, 0) is 6.92 Å². The third-order valence-corrected chi connectivity index (χ3v) is 2.37. The highest BCUT2D eigenvalue weighted by Gasteiger charge is 2.05. The first-order valence-corrected chi connectivity index (χ1v) is 4.53. The summed E-state index contributed by atoms with van der Waals surface area (Å²) in [5.41, 5.74) is 2.77. The molecule has 4 nitrogen and oxygen atoms in total. The Morgan fingerprint density at radius 2 is 2.36 bits per heavy atom. The minimum Gasteiger partial charge on any atom is -0.396 e. The zero-order valence-electron chi connectivity index (χ0n) is 7.95. The maximum absolute atomic E-state index is 11.1. The lowest BCUT2D eigenvalue weighted by Crippen LogP contribution is -1.99. The average Bonchev–Trinajstić information content (AvgIpc) is 2.44. The van der Waals surface area contributed by atoms with Crippen LogP contribution in [-0.4, -0.2) is 21.1 Å². The molecule has 74 valence electrons. The van der Waals surface area contributed by atoms with E-state index in [0.717, 1.165) is 17.0 Å². The van der Waals surface area contributed by atoms with Crippen LogP contribution in [0.25, 0.3) is 5.65 Å². The van der Waals surface area contributed by atoms with Crippen molar-refractivity contribution in [3.05, 3.63) is 39.9 Å². The first-order valence-electron chi connectivity index (χ1n) is 4.53. The first kappa shape index (κ1) is 9.02. The molecule has 0 radical (unpaired) electrons. The van der Waals surface area contributed by atoms with Crippen molar-refractivity contribution >= 4 is 5.65 Å². The Morgan fingerprint density at radius 1 is 1.57 bits per heavy atom. The van der Waals surface area contributed by atoms with Crippen LogP contribution >= 0.6 is 0 Å². The van der Waals surface area contributed by atoms with E-state index in [9.17, 15) is 4.79 Å². The minimum atomic E-state index is -0.0122. The molecule has 0 saturated carbocycles. The molecule has 0 amide bonds. The van der Waals surface area contributed by atoms with E-state index in [1.165, 1.54) is 6.07 Å². The normalized spacial score (nSPS) is 11.0.